The van der Waals surface area contributed by atoms with E-state index in [9.17, 15) is 0 Å². The van der Waals surface area contributed by atoms with Gasteiger partial charge in [0.1, 0.15) is 0 Å². The van der Waals surface area contributed by atoms with E-state index in [1.807, 2.05) is 0 Å². The molecule has 0 aromatic rings. The van der Waals surface area contributed by atoms with Crippen LogP contribution in [0, 0.1) is 5.92 Å². The van der Waals surface area contributed by atoms with Crippen LogP contribution in [-0.4, -0.2) is 13.2 Å². The summed E-state index contributed by atoms with van der Waals surface area (Å²) in [6.07, 6.45) is 18.2. The predicted octanol–water partition coefficient (Wildman–Crippen LogP) is 7.06. The normalized spacial score (nSPS) is 17.0. The van der Waals surface area contributed by atoms with Gasteiger partial charge in [0, 0.05) is 0 Å². The minimum Gasteiger partial charge on any atom is -0.377 e. The molecule has 0 N–H and O–H groups in total. The largest absolute Gasteiger partial charge is 0.377 e. The Morgan fingerprint density at radius 2 is 1.45 bits per heavy atom. The van der Waals surface area contributed by atoms with Crippen molar-refractivity contribution in [1.29, 1.82) is 0 Å². The Labute approximate surface area is 139 Å². The van der Waals surface area contributed by atoms with Gasteiger partial charge in [-0.1, -0.05) is 83.6 Å². The highest BCUT2D eigenvalue weighted by atomic mass is 16.5. The molecule has 1 aliphatic heterocycles. The van der Waals surface area contributed by atoms with Crippen LogP contribution < -0.4 is 0 Å². The molecular formula is C21H40O. The molecule has 0 saturated carbocycles. The van der Waals surface area contributed by atoms with E-state index in [1.54, 1.807) is 5.57 Å². The zero-order chi connectivity index (χ0) is 16.0. The van der Waals surface area contributed by atoms with Gasteiger partial charge in [-0.05, 0) is 37.7 Å². The molecule has 0 aromatic heterocycles. The van der Waals surface area contributed by atoms with Crippen molar-refractivity contribution in [2.24, 2.45) is 5.92 Å². The Kier molecular flexibility index (Phi) is 11.8. The van der Waals surface area contributed by atoms with E-state index in [-0.39, 0.29) is 0 Å². The van der Waals surface area contributed by atoms with E-state index in [0.29, 0.717) is 0 Å². The van der Waals surface area contributed by atoms with Crippen LogP contribution >= 0.6 is 0 Å². The second-order valence-electron chi connectivity index (χ2n) is 7.21. The average Bonchev–Trinajstić information content (AvgIpc) is 2.53. The monoisotopic (exact) mass is 308 g/mol. The molecule has 0 aromatic carbocycles. The fraction of sp³-hybridized carbons (Fsp3) is 0.905. The summed E-state index contributed by atoms with van der Waals surface area (Å²) in [5.41, 5.74) is 3.27. The van der Waals surface area contributed by atoms with E-state index in [0.717, 1.165) is 19.1 Å². The van der Waals surface area contributed by atoms with Gasteiger partial charge in [-0.2, -0.15) is 0 Å². The van der Waals surface area contributed by atoms with Gasteiger partial charge in [0.2, 0.25) is 0 Å². The minimum absolute atomic E-state index is 0.846. The predicted molar refractivity (Wildman–Crippen MR) is 98.4 cm³/mol. The number of ether oxygens (including phenoxy) is 1. The molecule has 1 unspecified atom stereocenters. The lowest BCUT2D eigenvalue weighted by Gasteiger charge is -2.26. The van der Waals surface area contributed by atoms with E-state index < -0.39 is 0 Å². The van der Waals surface area contributed by atoms with Crippen molar-refractivity contribution in [2.45, 2.75) is 104 Å². The van der Waals surface area contributed by atoms with E-state index in [2.05, 4.69) is 20.8 Å². The zero-order valence-electron chi connectivity index (χ0n) is 15.6. The van der Waals surface area contributed by atoms with Crippen molar-refractivity contribution in [1.82, 2.24) is 0 Å². The second kappa shape index (κ2) is 13.2. The molecule has 0 radical (unpaired) electrons. The maximum absolute atomic E-state index is 5.58. The molecule has 130 valence electrons. The summed E-state index contributed by atoms with van der Waals surface area (Å²) in [4.78, 5) is 0. The van der Waals surface area contributed by atoms with Gasteiger partial charge in [-0.15, -0.1) is 0 Å². The number of rotatable bonds is 13. The number of hydrogen-bond donors (Lipinski definition) is 0. The molecule has 0 fully saturated rings. The van der Waals surface area contributed by atoms with E-state index in [1.165, 1.54) is 89.0 Å². The lowest BCUT2D eigenvalue weighted by Crippen LogP contribution is -2.16. The van der Waals surface area contributed by atoms with E-state index >= 15 is 0 Å². The van der Waals surface area contributed by atoms with E-state index in [4.69, 9.17) is 4.74 Å². The Morgan fingerprint density at radius 1 is 0.818 bits per heavy atom. The summed E-state index contributed by atoms with van der Waals surface area (Å²) in [5.74, 6) is 0.846. The highest BCUT2D eigenvalue weighted by Crippen LogP contribution is 2.31. The first-order valence-electron chi connectivity index (χ1n) is 10.1. The Balaban J connectivity index is 2.14. The smallest absolute Gasteiger partial charge is 0.0676 e. The SMILES string of the molecule is CCCCCCCCCCCC(CCC)C1=C(C)COCC1. The molecule has 0 bridgehead atoms. The molecule has 1 rings (SSSR count). The van der Waals surface area contributed by atoms with Gasteiger partial charge < -0.3 is 4.74 Å². The van der Waals surface area contributed by atoms with Gasteiger partial charge >= 0.3 is 0 Å². The van der Waals surface area contributed by atoms with Crippen LogP contribution in [0.5, 0.6) is 0 Å². The molecule has 0 saturated heterocycles. The van der Waals surface area contributed by atoms with Crippen molar-refractivity contribution >= 4 is 0 Å². The molecule has 0 spiro atoms. The Morgan fingerprint density at radius 3 is 2.05 bits per heavy atom. The van der Waals surface area contributed by atoms with Crippen molar-refractivity contribution in [3.05, 3.63) is 11.1 Å². The summed E-state index contributed by atoms with van der Waals surface area (Å²) in [6, 6.07) is 0. The maximum Gasteiger partial charge on any atom is 0.0676 e. The molecule has 1 heteroatoms. The third-order valence-corrected chi connectivity index (χ3v) is 5.17. The number of hydrogen-bond acceptors (Lipinski definition) is 1. The summed E-state index contributed by atoms with van der Waals surface area (Å²) in [7, 11) is 0. The van der Waals surface area contributed by atoms with Gasteiger partial charge in [0.05, 0.1) is 13.2 Å². The molecule has 1 heterocycles. The molecule has 0 aliphatic carbocycles. The van der Waals surface area contributed by atoms with Crippen LogP contribution in [0.25, 0.3) is 0 Å². The number of unbranched alkanes of at least 4 members (excludes halogenated alkanes) is 8. The van der Waals surface area contributed by atoms with Gasteiger partial charge in [0.25, 0.3) is 0 Å². The summed E-state index contributed by atoms with van der Waals surface area (Å²) in [5, 5.41) is 0. The molecule has 1 atom stereocenters. The summed E-state index contributed by atoms with van der Waals surface area (Å²) >= 11 is 0. The first-order valence-corrected chi connectivity index (χ1v) is 10.1. The third kappa shape index (κ3) is 8.36. The third-order valence-electron chi connectivity index (χ3n) is 5.17. The lowest BCUT2D eigenvalue weighted by molar-refractivity contribution is 0.141. The standard InChI is InChI=1S/C21H40O/c1-4-6-7-8-9-10-11-12-13-15-20(14-5-2)21-16-17-22-18-19(21)3/h20H,4-18H2,1-3H3. The van der Waals surface area contributed by atoms with Gasteiger partial charge in [0.15, 0.2) is 0 Å². The minimum atomic E-state index is 0.846. The first-order chi connectivity index (χ1) is 10.8. The fourth-order valence-corrected chi connectivity index (χ4v) is 3.81. The quantitative estimate of drug-likeness (QED) is 0.261. The molecular weight excluding hydrogens is 268 g/mol. The zero-order valence-corrected chi connectivity index (χ0v) is 15.6. The lowest BCUT2D eigenvalue weighted by atomic mass is 9.84. The molecule has 1 nitrogen and oxygen atoms in total. The van der Waals surface area contributed by atoms with Crippen LogP contribution in [0.15, 0.2) is 11.1 Å². The fourth-order valence-electron chi connectivity index (χ4n) is 3.81. The molecule has 22 heavy (non-hydrogen) atoms. The molecule has 1 aliphatic rings. The van der Waals surface area contributed by atoms with Crippen molar-refractivity contribution in [2.75, 3.05) is 13.2 Å². The first kappa shape index (κ1) is 19.7. The van der Waals surface area contributed by atoms with Crippen LogP contribution in [0.2, 0.25) is 0 Å². The average molecular weight is 309 g/mol. The van der Waals surface area contributed by atoms with Crippen LogP contribution in [-0.2, 0) is 4.74 Å². The van der Waals surface area contributed by atoms with Gasteiger partial charge in [-0.25, -0.2) is 0 Å². The molecule has 0 amide bonds. The Bertz CT molecular complexity index is 292. The van der Waals surface area contributed by atoms with Crippen molar-refractivity contribution in [3.8, 4) is 0 Å². The maximum atomic E-state index is 5.58. The topological polar surface area (TPSA) is 9.23 Å². The summed E-state index contributed by atoms with van der Waals surface area (Å²) in [6.45, 7) is 8.74. The summed E-state index contributed by atoms with van der Waals surface area (Å²) < 4.78 is 5.58. The highest BCUT2D eigenvalue weighted by molar-refractivity contribution is 5.17. The highest BCUT2D eigenvalue weighted by Gasteiger charge is 2.18. The van der Waals surface area contributed by atoms with Crippen LogP contribution in [0.3, 0.4) is 0 Å². The second-order valence-corrected chi connectivity index (χ2v) is 7.21. The Hall–Kier alpha value is -0.300. The van der Waals surface area contributed by atoms with Crippen molar-refractivity contribution < 1.29 is 4.74 Å². The van der Waals surface area contributed by atoms with Crippen molar-refractivity contribution in [3.63, 3.8) is 0 Å². The van der Waals surface area contributed by atoms with Gasteiger partial charge in [-0.3, -0.25) is 0 Å². The van der Waals surface area contributed by atoms with Crippen LogP contribution in [0.1, 0.15) is 104 Å². The van der Waals surface area contributed by atoms with Crippen LogP contribution in [0.4, 0.5) is 0 Å².